The molecule has 6 nitrogen and oxygen atoms in total. The summed E-state index contributed by atoms with van der Waals surface area (Å²) in [4.78, 5) is 27.8. The van der Waals surface area contributed by atoms with Gasteiger partial charge in [-0.3, -0.25) is 9.69 Å². The first-order valence-corrected chi connectivity index (χ1v) is 8.71. The van der Waals surface area contributed by atoms with Crippen LogP contribution in [0.5, 0.6) is 0 Å². The van der Waals surface area contributed by atoms with Crippen molar-refractivity contribution in [2.75, 3.05) is 26.7 Å². The lowest BCUT2D eigenvalue weighted by Gasteiger charge is -2.15. The third-order valence-corrected chi connectivity index (χ3v) is 4.81. The first-order chi connectivity index (χ1) is 11.6. The molecule has 0 aliphatic carbocycles. The van der Waals surface area contributed by atoms with Gasteiger partial charge in [-0.2, -0.15) is 0 Å². The molecule has 24 heavy (non-hydrogen) atoms. The maximum Gasteiger partial charge on any atom is 0.315 e. The summed E-state index contributed by atoms with van der Waals surface area (Å²) in [5.74, 6) is -0.0172. The first-order valence-electron chi connectivity index (χ1n) is 8.71. The maximum atomic E-state index is 11.9. The van der Waals surface area contributed by atoms with E-state index in [9.17, 15) is 9.59 Å². The minimum atomic E-state index is -0.391. The average Bonchev–Trinajstić information content (AvgIpc) is 3.20. The largest absolute Gasteiger partial charge is 0.344 e. The number of nitrogens with one attached hydrogen (secondary N) is 2. The van der Waals surface area contributed by atoms with Gasteiger partial charge in [0.25, 0.3) is 0 Å². The molecule has 3 rings (SSSR count). The van der Waals surface area contributed by atoms with Crippen molar-refractivity contribution in [1.82, 2.24) is 20.4 Å². The minimum absolute atomic E-state index is 0.0172. The van der Waals surface area contributed by atoms with Crippen LogP contribution in [0, 0.1) is 0 Å². The van der Waals surface area contributed by atoms with Gasteiger partial charge in [0.2, 0.25) is 5.91 Å². The Hall–Kier alpha value is -2.08. The Labute approximate surface area is 143 Å². The molecule has 130 valence electrons. The SMILES string of the molecule is CN1CCC(NC(=O)NCc2ccc(CN3CCCC3)cc2)C1=O. The molecule has 2 fully saturated rings. The average molecular weight is 330 g/mol. The highest BCUT2D eigenvalue weighted by atomic mass is 16.2. The molecule has 3 amide bonds. The normalized spacial score (nSPS) is 21.3. The molecule has 1 aromatic rings. The lowest BCUT2D eigenvalue weighted by atomic mass is 10.1. The summed E-state index contributed by atoms with van der Waals surface area (Å²) in [6.45, 7) is 4.55. The molecule has 0 bridgehead atoms. The van der Waals surface area contributed by atoms with Crippen LogP contribution in [0.1, 0.15) is 30.4 Å². The Morgan fingerprint density at radius 2 is 1.79 bits per heavy atom. The van der Waals surface area contributed by atoms with Crippen molar-refractivity contribution < 1.29 is 9.59 Å². The van der Waals surface area contributed by atoms with Crippen LogP contribution < -0.4 is 10.6 Å². The highest BCUT2D eigenvalue weighted by Gasteiger charge is 2.29. The van der Waals surface area contributed by atoms with Crippen LogP contribution in [-0.2, 0) is 17.9 Å². The van der Waals surface area contributed by atoms with Crippen LogP contribution in [0.3, 0.4) is 0 Å². The molecule has 0 radical (unpaired) electrons. The number of nitrogens with zero attached hydrogens (tertiary/aromatic N) is 2. The molecular weight excluding hydrogens is 304 g/mol. The lowest BCUT2D eigenvalue weighted by molar-refractivity contribution is -0.128. The first kappa shape index (κ1) is 16.8. The van der Waals surface area contributed by atoms with E-state index < -0.39 is 6.04 Å². The summed E-state index contributed by atoms with van der Waals surface area (Å²) >= 11 is 0. The van der Waals surface area contributed by atoms with Gasteiger partial charge >= 0.3 is 6.03 Å². The van der Waals surface area contributed by atoms with Crippen LogP contribution in [0.2, 0.25) is 0 Å². The molecule has 2 N–H and O–H groups in total. The molecule has 2 aliphatic rings. The Kier molecular flexibility index (Phi) is 5.35. The van der Waals surface area contributed by atoms with E-state index in [1.165, 1.54) is 31.5 Å². The van der Waals surface area contributed by atoms with Gasteiger partial charge in [0.1, 0.15) is 6.04 Å². The number of carbonyl (C=O) groups is 2. The van der Waals surface area contributed by atoms with Crippen molar-refractivity contribution in [3.8, 4) is 0 Å². The third-order valence-electron chi connectivity index (χ3n) is 4.81. The van der Waals surface area contributed by atoms with Crippen molar-refractivity contribution in [2.45, 2.75) is 38.4 Å². The fourth-order valence-corrected chi connectivity index (χ4v) is 3.31. The predicted molar refractivity (Wildman–Crippen MR) is 92.4 cm³/mol. The molecule has 0 spiro atoms. The Morgan fingerprint density at radius 3 is 2.42 bits per heavy atom. The molecule has 1 atom stereocenters. The molecule has 1 unspecified atom stereocenters. The van der Waals surface area contributed by atoms with Crippen molar-refractivity contribution in [2.24, 2.45) is 0 Å². The van der Waals surface area contributed by atoms with Gasteiger partial charge in [-0.05, 0) is 43.5 Å². The number of hydrogen-bond acceptors (Lipinski definition) is 3. The number of likely N-dealkylation sites (N-methyl/N-ethyl adjacent to an activating group) is 1. The van der Waals surface area contributed by atoms with Gasteiger partial charge in [0, 0.05) is 26.7 Å². The number of amides is 3. The molecular formula is C18H26N4O2. The van der Waals surface area contributed by atoms with Crippen LogP contribution in [0.25, 0.3) is 0 Å². The minimum Gasteiger partial charge on any atom is -0.344 e. The van der Waals surface area contributed by atoms with E-state index in [-0.39, 0.29) is 11.9 Å². The predicted octanol–water partition coefficient (Wildman–Crippen LogP) is 1.31. The van der Waals surface area contributed by atoms with Gasteiger partial charge in [0.15, 0.2) is 0 Å². The zero-order valence-corrected chi connectivity index (χ0v) is 14.3. The number of rotatable bonds is 5. The zero-order valence-electron chi connectivity index (χ0n) is 14.3. The lowest BCUT2D eigenvalue weighted by Crippen LogP contribution is -2.45. The third kappa shape index (κ3) is 4.26. The summed E-state index contributed by atoms with van der Waals surface area (Å²) in [5.41, 5.74) is 2.37. The van der Waals surface area contributed by atoms with Gasteiger partial charge < -0.3 is 15.5 Å². The molecule has 2 aliphatic heterocycles. The summed E-state index contributed by atoms with van der Waals surface area (Å²) in [6, 6.07) is 7.69. The second-order valence-electron chi connectivity index (χ2n) is 6.73. The number of carbonyl (C=O) groups excluding carboxylic acids is 2. The second-order valence-corrected chi connectivity index (χ2v) is 6.73. The van der Waals surface area contributed by atoms with Crippen molar-refractivity contribution in [3.63, 3.8) is 0 Å². The molecule has 2 heterocycles. The van der Waals surface area contributed by atoms with E-state index >= 15 is 0 Å². The topological polar surface area (TPSA) is 64.7 Å². The second kappa shape index (κ2) is 7.66. The monoisotopic (exact) mass is 330 g/mol. The molecule has 0 saturated carbocycles. The highest BCUT2D eigenvalue weighted by molar-refractivity contribution is 5.88. The van der Waals surface area contributed by atoms with Gasteiger partial charge in [0.05, 0.1) is 0 Å². The maximum absolute atomic E-state index is 11.9. The van der Waals surface area contributed by atoms with E-state index in [0.29, 0.717) is 19.5 Å². The Bertz CT molecular complexity index is 581. The number of urea groups is 1. The Balaban J connectivity index is 1.42. The van der Waals surface area contributed by atoms with Crippen molar-refractivity contribution >= 4 is 11.9 Å². The molecule has 2 saturated heterocycles. The molecule has 6 heteroatoms. The fourth-order valence-electron chi connectivity index (χ4n) is 3.31. The number of benzene rings is 1. The smallest absolute Gasteiger partial charge is 0.315 e. The quantitative estimate of drug-likeness (QED) is 0.856. The summed E-state index contributed by atoms with van der Waals surface area (Å²) in [6.07, 6.45) is 3.28. The molecule has 1 aromatic carbocycles. The highest BCUT2D eigenvalue weighted by Crippen LogP contribution is 2.13. The van der Waals surface area contributed by atoms with Crippen LogP contribution in [-0.4, -0.2) is 54.5 Å². The van der Waals surface area contributed by atoms with E-state index in [0.717, 1.165) is 12.1 Å². The molecule has 0 aromatic heterocycles. The van der Waals surface area contributed by atoms with Crippen molar-refractivity contribution in [3.05, 3.63) is 35.4 Å². The van der Waals surface area contributed by atoms with Crippen LogP contribution >= 0.6 is 0 Å². The number of likely N-dealkylation sites (tertiary alicyclic amines) is 2. The standard InChI is InChI=1S/C18H26N4O2/c1-21-11-8-16(17(21)23)20-18(24)19-12-14-4-6-15(7-5-14)13-22-9-2-3-10-22/h4-7,16H,2-3,8-13H2,1H3,(H2,19,20,24). The van der Waals surface area contributed by atoms with E-state index in [4.69, 9.17) is 0 Å². The van der Waals surface area contributed by atoms with E-state index in [1.807, 2.05) is 0 Å². The number of hydrogen-bond donors (Lipinski definition) is 2. The van der Waals surface area contributed by atoms with Gasteiger partial charge in [-0.25, -0.2) is 4.79 Å². The van der Waals surface area contributed by atoms with Crippen LogP contribution in [0.15, 0.2) is 24.3 Å². The van der Waals surface area contributed by atoms with Crippen molar-refractivity contribution in [1.29, 1.82) is 0 Å². The summed E-state index contributed by atoms with van der Waals surface area (Å²) in [7, 11) is 1.76. The van der Waals surface area contributed by atoms with E-state index in [2.05, 4.69) is 39.8 Å². The zero-order chi connectivity index (χ0) is 16.9. The Morgan fingerprint density at radius 1 is 1.12 bits per heavy atom. The van der Waals surface area contributed by atoms with Gasteiger partial charge in [-0.1, -0.05) is 24.3 Å². The van der Waals surface area contributed by atoms with Gasteiger partial charge in [-0.15, -0.1) is 0 Å². The van der Waals surface area contributed by atoms with Crippen LogP contribution in [0.4, 0.5) is 4.79 Å². The summed E-state index contributed by atoms with van der Waals surface area (Å²) in [5, 5.41) is 5.56. The van der Waals surface area contributed by atoms with E-state index in [1.54, 1.807) is 11.9 Å². The summed E-state index contributed by atoms with van der Waals surface area (Å²) < 4.78 is 0. The fraction of sp³-hybridized carbons (Fsp3) is 0.556.